The van der Waals surface area contributed by atoms with Gasteiger partial charge in [0.2, 0.25) is 5.95 Å². The smallest absolute Gasteiger partial charge is 0.252 e. The molecule has 4 rings (SSSR count). The Morgan fingerprint density at radius 3 is 2.68 bits per heavy atom. The third-order valence-electron chi connectivity index (χ3n) is 3.88. The van der Waals surface area contributed by atoms with Gasteiger partial charge in [0.05, 0.1) is 12.2 Å². The van der Waals surface area contributed by atoms with E-state index in [1.165, 1.54) is 6.07 Å². The molecular formula is C19H17N3O3. The summed E-state index contributed by atoms with van der Waals surface area (Å²) in [6.45, 7) is 0.905. The lowest BCUT2D eigenvalue weighted by Crippen LogP contribution is -2.35. The number of nitrogens with one attached hydrogen (secondary N) is 2. The highest BCUT2D eigenvalue weighted by Crippen LogP contribution is 2.30. The Labute approximate surface area is 144 Å². The third-order valence-corrected chi connectivity index (χ3v) is 3.88. The Balaban J connectivity index is 1.47. The Morgan fingerprint density at radius 1 is 1.08 bits per heavy atom. The molecule has 6 nitrogen and oxygen atoms in total. The van der Waals surface area contributed by atoms with Gasteiger partial charge in [-0.1, -0.05) is 42.5 Å². The highest BCUT2D eigenvalue weighted by atomic mass is 16.6. The van der Waals surface area contributed by atoms with Crippen LogP contribution in [0.4, 0.5) is 5.95 Å². The minimum Gasteiger partial charge on any atom is -0.486 e. The van der Waals surface area contributed by atoms with Crippen LogP contribution in [-0.2, 0) is 0 Å². The highest BCUT2D eigenvalue weighted by Gasteiger charge is 2.20. The number of aromatic amines is 1. The maximum atomic E-state index is 11.9. The van der Waals surface area contributed by atoms with Crippen LogP contribution in [0.2, 0.25) is 0 Å². The molecule has 2 N–H and O–H groups in total. The molecule has 0 aliphatic carbocycles. The van der Waals surface area contributed by atoms with Gasteiger partial charge in [0.15, 0.2) is 11.5 Å². The number of hydrogen-bond donors (Lipinski definition) is 2. The van der Waals surface area contributed by atoms with Crippen LogP contribution in [0.3, 0.4) is 0 Å². The molecule has 1 unspecified atom stereocenters. The van der Waals surface area contributed by atoms with E-state index in [0.29, 0.717) is 24.8 Å². The van der Waals surface area contributed by atoms with E-state index < -0.39 is 0 Å². The minimum absolute atomic E-state index is 0.166. The molecule has 0 saturated carbocycles. The number of para-hydroxylation sites is 2. The van der Waals surface area contributed by atoms with Crippen molar-refractivity contribution >= 4 is 5.95 Å². The summed E-state index contributed by atoms with van der Waals surface area (Å²) < 4.78 is 11.6. The Kier molecular flexibility index (Phi) is 4.08. The molecule has 2 heterocycles. The number of ether oxygens (including phenoxy) is 2. The minimum atomic E-state index is -0.206. The lowest BCUT2D eigenvalue weighted by atomic mass is 10.1. The molecule has 1 aromatic heterocycles. The molecule has 0 spiro atoms. The van der Waals surface area contributed by atoms with E-state index in [1.54, 1.807) is 0 Å². The third kappa shape index (κ3) is 3.47. The molecule has 6 heteroatoms. The topological polar surface area (TPSA) is 76.2 Å². The standard InChI is InChI=1S/C19H17N3O3/c23-18-10-15(13-6-2-1-3-7-13)21-19(22-18)20-11-14-12-24-16-8-4-5-9-17(16)25-14/h1-10,14H,11-12H2,(H2,20,21,22,23). The van der Waals surface area contributed by atoms with Gasteiger partial charge in [0, 0.05) is 11.6 Å². The van der Waals surface area contributed by atoms with Gasteiger partial charge in [-0.2, -0.15) is 0 Å². The molecule has 126 valence electrons. The van der Waals surface area contributed by atoms with Gasteiger partial charge >= 0.3 is 0 Å². The van der Waals surface area contributed by atoms with Crippen molar-refractivity contribution in [2.24, 2.45) is 0 Å². The predicted octanol–water partition coefficient (Wildman–Crippen LogP) is 2.69. The Hall–Kier alpha value is -3.28. The van der Waals surface area contributed by atoms with Gasteiger partial charge in [-0.3, -0.25) is 9.78 Å². The second-order valence-corrected chi connectivity index (χ2v) is 5.72. The fourth-order valence-electron chi connectivity index (χ4n) is 2.67. The summed E-state index contributed by atoms with van der Waals surface area (Å²) in [5.74, 6) is 1.88. The molecular weight excluding hydrogens is 318 g/mol. The first-order valence-corrected chi connectivity index (χ1v) is 8.07. The number of H-pyrrole nitrogens is 1. The number of aromatic nitrogens is 2. The highest BCUT2D eigenvalue weighted by molar-refractivity contribution is 5.59. The number of nitrogens with zero attached hydrogens (tertiary/aromatic N) is 1. The maximum absolute atomic E-state index is 11.9. The number of anilines is 1. The van der Waals surface area contributed by atoms with Gasteiger partial charge < -0.3 is 14.8 Å². The number of rotatable bonds is 4. The summed E-state index contributed by atoms with van der Waals surface area (Å²) in [7, 11) is 0. The number of fused-ring (bicyclic) bond motifs is 1. The second-order valence-electron chi connectivity index (χ2n) is 5.72. The summed E-state index contributed by atoms with van der Waals surface area (Å²) >= 11 is 0. The zero-order valence-corrected chi connectivity index (χ0v) is 13.4. The summed E-state index contributed by atoms with van der Waals surface area (Å²) in [5.41, 5.74) is 1.31. The van der Waals surface area contributed by atoms with Crippen LogP contribution in [0.1, 0.15) is 0 Å². The summed E-state index contributed by atoms with van der Waals surface area (Å²) in [4.78, 5) is 19.1. The lowest BCUT2D eigenvalue weighted by Gasteiger charge is -2.26. The van der Waals surface area contributed by atoms with Crippen LogP contribution in [0.25, 0.3) is 11.3 Å². The van der Waals surface area contributed by atoms with Crippen LogP contribution in [0.5, 0.6) is 11.5 Å². The van der Waals surface area contributed by atoms with Gasteiger partial charge in [-0.05, 0) is 12.1 Å². The molecule has 2 aromatic carbocycles. The molecule has 1 aliphatic rings. The summed E-state index contributed by atoms with van der Waals surface area (Å²) in [6.07, 6.45) is -0.166. The zero-order valence-electron chi connectivity index (χ0n) is 13.4. The summed E-state index contributed by atoms with van der Waals surface area (Å²) in [5, 5.41) is 3.12. The van der Waals surface area contributed by atoms with E-state index in [-0.39, 0.29) is 11.7 Å². The van der Waals surface area contributed by atoms with Crippen molar-refractivity contribution in [1.82, 2.24) is 9.97 Å². The predicted molar refractivity (Wildman–Crippen MR) is 95.1 cm³/mol. The summed E-state index contributed by atoms with van der Waals surface area (Å²) in [6, 6.07) is 18.6. The number of benzene rings is 2. The van der Waals surface area contributed by atoms with Crippen molar-refractivity contribution < 1.29 is 9.47 Å². The second kappa shape index (κ2) is 6.68. The molecule has 25 heavy (non-hydrogen) atoms. The fraction of sp³-hybridized carbons (Fsp3) is 0.158. The fourth-order valence-corrected chi connectivity index (χ4v) is 2.67. The van der Waals surface area contributed by atoms with Gasteiger partial charge in [-0.15, -0.1) is 0 Å². The van der Waals surface area contributed by atoms with E-state index in [0.717, 1.165) is 17.1 Å². The maximum Gasteiger partial charge on any atom is 0.252 e. The first-order valence-electron chi connectivity index (χ1n) is 8.07. The molecule has 1 atom stereocenters. The molecule has 0 radical (unpaired) electrons. The van der Waals surface area contributed by atoms with E-state index in [2.05, 4.69) is 15.3 Å². The van der Waals surface area contributed by atoms with Gasteiger partial charge in [-0.25, -0.2) is 4.98 Å². The number of hydrogen-bond acceptors (Lipinski definition) is 5. The van der Waals surface area contributed by atoms with Crippen molar-refractivity contribution in [3.8, 4) is 22.8 Å². The largest absolute Gasteiger partial charge is 0.486 e. The van der Waals surface area contributed by atoms with Crippen LogP contribution < -0.4 is 20.3 Å². The van der Waals surface area contributed by atoms with Crippen molar-refractivity contribution in [2.45, 2.75) is 6.10 Å². The lowest BCUT2D eigenvalue weighted by molar-refractivity contribution is 0.0996. The normalized spacial score (nSPS) is 15.6. The van der Waals surface area contributed by atoms with Crippen LogP contribution >= 0.6 is 0 Å². The van der Waals surface area contributed by atoms with Crippen molar-refractivity contribution in [3.63, 3.8) is 0 Å². The Bertz CT molecular complexity index is 924. The quantitative estimate of drug-likeness (QED) is 0.767. The first-order chi connectivity index (χ1) is 12.3. The average molecular weight is 335 g/mol. The van der Waals surface area contributed by atoms with E-state index in [1.807, 2.05) is 54.6 Å². The van der Waals surface area contributed by atoms with Crippen LogP contribution in [-0.4, -0.2) is 29.2 Å². The molecule has 0 fully saturated rings. The average Bonchev–Trinajstić information content (AvgIpc) is 2.66. The van der Waals surface area contributed by atoms with Crippen LogP contribution in [0, 0.1) is 0 Å². The monoisotopic (exact) mass is 335 g/mol. The molecule has 1 aliphatic heterocycles. The molecule has 0 saturated heterocycles. The van der Waals surface area contributed by atoms with E-state index in [4.69, 9.17) is 9.47 Å². The Morgan fingerprint density at radius 2 is 1.84 bits per heavy atom. The van der Waals surface area contributed by atoms with Gasteiger partial charge in [0.25, 0.3) is 5.56 Å². The van der Waals surface area contributed by atoms with Crippen molar-refractivity contribution in [3.05, 3.63) is 71.0 Å². The first kappa shape index (κ1) is 15.3. The molecule has 0 bridgehead atoms. The molecule has 0 amide bonds. The van der Waals surface area contributed by atoms with Crippen LogP contribution in [0.15, 0.2) is 65.5 Å². The van der Waals surface area contributed by atoms with E-state index >= 15 is 0 Å². The van der Waals surface area contributed by atoms with Gasteiger partial charge in [0.1, 0.15) is 12.7 Å². The van der Waals surface area contributed by atoms with Crippen molar-refractivity contribution in [1.29, 1.82) is 0 Å². The van der Waals surface area contributed by atoms with E-state index in [9.17, 15) is 4.79 Å². The molecule has 3 aromatic rings. The SMILES string of the molecule is O=c1cc(-c2ccccc2)nc(NCC2COc3ccccc3O2)[nH]1. The van der Waals surface area contributed by atoms with Crippen molar-refractivity contribution in [2.75, 3.05) is 18.5 Å². The zero-order chi connectivity index (χ0) is 17.1.